The first-order chi connectivity index (χ1) is 12.1. The first-order valence-electron chi connectivity index (χ1n) is 8.30. The largest absolute Gasteiger partial charge is 0.492 e. The molecule has 1 heterocycles. The van der Waals surface area contributed by atoms with E-state index in [1.807, 2.05) is 6.07 Å². The molecule has 0 bridgehead atoms. The van der Waals surface area contributed by atoms with Crippen LogP contribution in [0.5, 0.6) is 5.75 Å². The van der Waals surface area contributed by atoms with Gasteiger partial charge in [-0.1, -0.05) is 27.5 Å². The predicted molar refractivity (Wildman–Crippen MR) is 98.9 cm³/mol. The Morgan fingerprint density at radius 3 is 2.84 bits per heavy atom. The molecule has 1 aromatic rings. The summed E-state index contributed by atoms with van der Waals surface area (Å²) in [7, 11) is 0. The molecule has 1 fully saturated rings. The van der Waals surface area contributed by atoms with E-state index >= 15 is 0 Å². The lowest BCUT2D eigenvalue weighted by molar-refractivity contribution is -0.130. The maximum atomic E-state index is 11.7. The minimum atomic E-state index is -0.335. The van der Waals surface area contributed by atoms with Gasteiger partial charge in [0.25, 0.3) is 0 Å². The Morgan fingerprint density at radius 1 is 1.32 bits per heavy atom. The van der Waals surface area contributed by atoms with Crippen molar-refractivity contribution in [1.29, 1.82) is 0 Å². The molecule has 1 saturated heterocycles. The lowest BCUT2D eigenvalue weighted by Gasteiger charge is -2.11. The zero-order chi connectivity index (χ0) is 18.1. The molecule has 0 spiro atoms. The van der Waals surface area contributed by atoms with Crippen molar-refractivity contribution in [1.82, 2.24) is 10.6 Å². The van der Waals surface area contributed by atoms with Crippen molar-refractivity contribution in [2.45, 2.75) is 31.8 Å². The molecule has 1 aliphatic rings. The van der Waals surface area contributed by atoms with Gasteiger partial charge in [0.15, 0.2) is 0 Å². The van der Waals surface area contributed by atoms with Crippen molar-refractivity contribution in [3.05, 3.63) is 27.7 Å². The van der Waals surface area contributed by atoms with Crippen LogP contribution in [0, 0.1) is 0 Å². The number of hydrogen-bond donors (Lipinski definition) is 2. The highest BCUT2D eigenvalue weighted by atomic mass is 79.9. The summed E-state index contributed by atoms with van der Waals surface area (Å²) in [6.45, 7) is 1.85. The normalized spacial score (nSPS) is 16.5. The molecule has 138 valence electrons. The van der Waals surface area contributed by atoms with Gasteiger partial charge in [-0.15, -0.1) is 0 Å². The van der Waals surface area contributed by atoms with E-state index in [0.29, 0.717) is 49.9 Å². The highest BCUT2D eigenvalue weighted by molar-refractivity contribution is 9.10. The van der Waals surface area contributed by atoms with Crippen LogP contribution < -0.4 is 15.4 Å². The smallest absolute Gasteiger partial charge is 0.249 e. The maximum Gasteiger partial charge on any atom is 0.249 e. The van der Waals surface area contributed by atoms with Crippen LogP contribution in [0.15, 0.2) is 22.7 Å². The number of carbonyl (C=O) groups is 2. The standard InChI is InChI=1S/C17H22BrClN2O4/c18-12-5-6-14(13(19)11-12)24-10-2-4-16(22)20-7-8-21-17(23)15-3-1-9-25-15/h5-6,11,15H,1-4,7-10H2,(H,20,22)(H,21,23). The molecular weight excluding hydrogens is 412 g/mol. The monoisotopic (exact) mass is 432 g/mol. The van der Waals surface area contributed by atoms with Gasteiger partial charge in [0.1, 0.15) is 11.9 Å². The summed E-state index contributed by atoms with van der Waals surface area (Å²) in [6, 6.07) is 5.39. The van der Waals surface area contributed by atoms with Gasteiger partial charge in [-0.25, -0.2) is 0 Å². The van der Waals surface area contributed by atoms with Gasteiger partial charge in [0.2, 0.25) is 11.8 Å². The van der Waals surface area contributed by atoms with E-state index in [-0.39, 0.29) is 17.9 Å². The van der Waals surface area contributed by atoms with Crippen LogP contribution in [-0.4, -0.2) is 44.2 Å². The Kier molecular flexibility index (Phi) is 8.51. The van der Waals surface area contributed by atoms with Gasteiger partial charge in [0, 0.05) is 30.6 Å². The second-order valence-electron chi connectivity index (χ2n) is 5.67. The predicted octanol–water partition coefficient (Wildman–Crippen LogP) is 2.67. The first-order valence-corrected chi connectivity index (χ1v) is 9.47. The van der Waals surface area contributed by atoms with Crippen LogP contribution in [0.2, 0.25) is 5.02 Å². The zero-order valence-corrected chi connectivity index (χ0v) is 16.2. The van der Waals surface area contributed by atoms with Crippen LogP contribution >= 0.6 is 27.5 Å². The lowest BCUT2D eigenvalue weighted by Crippen LogP contribution is -2.39. The summed E-state index contributed by atoms with van der Waals surface area (Å²) < 4.78 is 11.7. The molecule has 25 heavy (non-hydrogen) atoms. The Morgan fingerprint density at radius 2 is 2.12 bits per heavy atom. The third-order valence-electron chi connectivity index (χ3n) is 3.67. The number of amides is 2. The average Bonchev–Trinajstić information content (AvgIpc) is 3.11. The number of halogens is 2. The molecule has 2 N–H and O–H groups in total. The van der Waals surface area contributed by atoms with E-state index in [0.717, 1.165) is 17.3 Å². The molecule has 0 radical (unpaired) electrons. The van der Waals surface area contributed by atoms with Crippen LogP contribution in [0.1, 0.15) is 25.7 Å². The third kappa shape index (κ3) is 7.22. The topological polar surface area (TPSA) is 76.7 Å². The summed E-state index contributed by atoms with van der Waals surface area (Å²) in [5.41, 5.74) is 0. The van der Waals surface area contributed by atoms with Crippen molar-refractivity contribution in [2.24, 2.45) is 0 Å². The van der Waals surface area contributed by atoms with Crippen LogP contribution in [0.25, 0.3) is 0 Å². The van der Waals surface area contributed by atoms with Crippen LogP contribution in [-0.2, 0) is 14.3 Å². The summed E-state index contributed by atoms with van der Waals surface area (Å²) in [5, 5.41) is 6.05. The molecule has 0 aromatic heterocycles. The van der Waals surface area contributed by atoms with E-state index in [1.54, 1.807) is 12.1 Å². The molecule has 0 aliphatic carbocycles. The zero-order valence-electron chi connectivity index (χ0n) is 13.9. The first kappa shape index (κ1) is 20.0. The Hall–Kier alpha value is -1.31. The second kappa shape index (κ2) is 10.6. The molecule has 2 rings (SSSR count). The second-order valence-corrected chi connectivity index (χ2v) is 6.99. The fraction of sp³-hybridized carbons (Fsp3) is 0.529. The molecule has 2 amide bonds. The molecule has 8 heteroatoms. The lowest BCUT2D eigenvalue weighted by atomic mass is 10.2. The quantitative estimate of drug-likeness (QED) is 0.587. The van der Waals surface area contributed by atoms with Gasteiger partial charge >= 0.3 is 0 Å². The van der Waals surface area contributed by atoms with Gasteiger partial charge < -0.3 is 20.1 Å². The van der Waals surface area contributed by atoms with E-state index < -0.39 is 0 Å². The molecular formula is C17H22BrClN2O4. The van der Waals surface area contributed by atoms with Crippen molar-refractivity contribution in [3.8, 4) is 5.75 Å². The van der Waals surface area contributed by atoms with E-state index in [2.05, 4.69) is 26.6 Å². The summed E-state index contributed by atoms with van der Waals surface area (Å²) in [4.78, 5) is 23.4. The van der Waals surface area contributed by atoms with E-state index in [1.165, 1.54) is 0 Å². The Balaban J connectivity index is 1.51. The van der Waals surface area contributed by atoms with Crippen molar-refractivity contribution >= 4 is 39.3 Å². The SMILES string of the molecule is O=C(CCCOc1ccc(Br)cc1Cl)NCCNC(=O)C1CCCO1. The summed E-state index contributed by atoms with van der Waals surface area (Å²) in [5.74, 6) is 0.422. The highest BCUT2D eigenvalue weighted by Crippen LogP contribution is 2.27. The number of carbonyl (C=O) groups excluding carboxylic acids is 2. The minimum Gasteiger partial charge on any atom is -0.492 e. The van der Waals surface area contributed by atoms with E-state index in [4.69, 9.17) is 21.1 Å². The van der Waals surface area contributed by atoms with Crippen molar-refractivity contribution < 1.29 is 19.1 Å². The number of benzene rings is 1. The summed E-state index contributed by atoms with van der Waals surface area (Å²) in [6.07, 6.45) is 2.29. The maximum absolute atomic E-state index is 11.7. The van der Waals surface area contributed by atoms with Crippen molar-refractivity contribution in [3.63, 3.8) is 0 Å². The molecule has 0 saturated carbocycles. The fourth-order valence-electron chi connectivity index (χ4n) is 2.38. The molecule has 1 atom stereocenters. The Labute approximate surface area is 160 Å². The number of nitrogens with one attached hydrogen (secondary N) is 2. The molecule has 1 aromatic carbocycles. The fourth-order valence-corrected chi connectivity index (χ4v) is 3.11. The van der Waals surface area contributed by atoms with Crippen molar-refractivity contribution in [2.75, 3.05) is 26.3 Å². The average molecular weight is 434 g/mol. The van der Waals surface area contributed by atoms with E-state index in [9.17, 15) is 9.59 Å². The molecule has 6 nitrogen and oxygen atoms in total. The third-order valence-corrected chi connectivity index (χ3v) is 4.46. The minimum absolute atomic E-state index is 0.0723. The van der Waals surface area contributed by atoms with Gasteiger partial charge in [-0.2, -0.15) is 0 Å². The number of rotatable bonds is 9. The highest BCUT2D eigenvalue weighted by Gasteiger charge is 2.22. The number of ether oxygens (including phenoxy) is 2. The van der Waals surface area contributed by atoms with Gasteiger partial charge in [-0.05, 0) is 37.5 Å². The van der Waals surface area contributed by atoms with Gasteiger partial charge in [-0.3, -0.25) is 9.59 Å². The van der Waals surface area contributed by atoms with Gasteiger partial charge in [0.05, 0.1) is 11.6 Å². The molecule has 1 aliphatic heterocycles. The number of hydrogen-bond acceptors (Lipinski definition) is 4. The molecule has 1 unspecified atom stereocenters. The van der Waals surface area contributed by atoms with Crippen LogP contribution in [0.3, 0.4) is 0 Å². The Bertz CT molecular complexity index is 594. The van der Waals surface area contributed by atoms with Crippen LogP contribution in [0.4, 0.5) is 0 Å². The summed E-state index contributed by atoms with van der Waals surface area (Å²) >= 11 is 9.38.